The van der Waals surface area contributed by atoms with Crippen LogP contribution in [0.15, 0.2) is 29.0 Å². The Morgan fingerprint density at radius 3 is 2.72 bits per heavy atom. The van der Waals surface area contributed by atoms with Gasteiger partial charge in [0.1, 0.15) is 11.5 Å². The Morgan fingerprint density at radius 2 is 2.11 bits per heavy atom. The standard InChI is InChI=1S/C14H18BrN3/c1-9(2)7-18-8-17-13(14(18)16)11-5-4-10(3)6-12(11)15/h4-6,8-9H,7,16H2,1-3H3. The fourth-order valence-corrected chi connectivity index (χ4v) is 2.63. The minimum atomic E-state index is 0.552. The first-order chi connectivity index (χ1) is 8.49. The van der Waals surface area contributed by atoms with Crippen molar-refractivity contribution in [2.45, 2.75) is 27.3 Å². The molecule has 0 bridgehead atoms. The molecule has 2 N–H and O–H groups in total. The molecule has 2 rings (SSSR count). The summed E-state index contributed by atoms with van der Waals surface area (Å²) in [6.45, 7) is 7.29. The summed E-state index contributed by atoms with van der Waals surface area (Å²) in [5.41, 5.74) is 9.28. The Labute approximate surface area is 116 Å². The highest BCUT2D eigenvalue weighted by Crippen LogP contribution is 2.31. The lowest BCUT2D eigenvalue weighted by atomic mass is 10.1. The quantitative estimate of drug-likeness (QED) is 0.935. The predicted octanol–water partition coefficient (Wildman–Crippen LogP) is 3.86. The number of benzene rings is 1. The molecule has 0 fully saturated rings. The molecule has 1 heterocycles. The Hall–Kier alpha value is -1.29. The number of hydrogen-bond donors (Lipinski definition) is 1. The molecule has 4 heteroatoms. The molecule has 0 aliphatic carbocycles. The van der Waals surface area contributed by atoms with Crippen molar-refractivity contribution in [2.24, 2.45) is 5.92 Å². The van der Waals surface area contributed by atoms with E-state index in [1.807, 2.05) is 10.9 Å². The van der Waals surface area contributed by atoms with Gasteiger partial charge in [0.05, 0.1) is 6.33 Å². The Kier molecular flexibility index (Phi) is 3.76. The molecule has 18 heavy (non-hydrogen) atoms. The first-order valence-electron chi connectivity index (χ1n) is 6.06. The van der Waals surface area contributed by atoms with Crippen LogP contribution in [-0.4, -0.2) is 9.55 Å². The van der Waals surface area contributed by atoms with Gasteiger partial charge in [-0.15, -0.1) is 0 Å². The summed E-state index contributed by atoms with van der Waals surface area (Å²) in [5.74, 6) is 1.28. The molecule has 0 spiro atoms. The zero-order valence-corrected chi connectivity index (χ0v) is 12.5. The summed E-state index contributed by atoms with van der Waals surface area (Å²) in [7, 11) is 0. The van der Waals surface area contributed by atoms with Crippen LogP contribution in [-0.2, 0) is 6.54 Å². The summed E-state index contributed by atoms with van der Waals surface area (Å²) in [6, 6.07) is 6.20. The Balaban J connectivity index is 2.42. The van der Waals surface area contributed by atoms with E-state index in [1.165, 1.54) is 5.56 Å². The number of nitrogen functional groups attached to an aromatic ring is 1. The van der Waals surface area contributed by atoms with Crippen LogP contribution in [0.1, 0.15) is 19.4 Å². The van der Waals surface area contributed by atoms with Gasteiger partial charge in [-0.2, -0.15) is 0 Å². The van der Waals surface area contributed by atoms with Gasteiger partial charge in [-0.25, -0.2) is 4.98 Å². The molecule has 2 aromatic rings. The molecular weight excluding hydrogens is 290 g/mol. The van der Waals surface area contributed by atoms with E-state index in [-0.39, 0.29) is 0 Å². The third-order valence-corrected chi connectivity index (χ3v) is 3.48. The van der Waals surface area contributed by atoms with Crippen LogP contribution in [0.2, 0.25) is 0 Å². The van der Waals surface area contributed by atoms with Crippen LogP contribution >= 0.6 is 15.9 Å². The van der Waals surface area contributed by atoms with Gasteiger partial charge in [0, 0.05) is 16.6 Å². The van der Waals surface area contributed by atoms with Crippen LogP contribution in [0.25, 0.3) is 11.3 Å². The van der Waals surface area contributed by atoms with Gasteiger partial charge in [0.2, 0.25) is 0 Å². The lowest BCUT2D eigenvalue weighted by Crippen LogP contribution is -2.06. The summed E-state index contributed by atoms with van der Waals surface area (Å²) in [6.07, 6.45) is 1.82. The summed E-state index contributed by atoms with van der Waals surface area (Å²) < 4.78 is 3.04. The molecule has 0 aliphatic heterocycles. The number of nitrogens with zero attached hydrogens (tertiary/aromatic N) is 2. The highest BCUT2D eigenvalue weighted by Gasteiger charge is 2.13. The van der Waals surface area contributed by atoms with Crippen molar-refractivity contribution in [1.82, 2.24) is 9.55 Å². The topological polar surface area (TPSA) is 43.8 Å². The molecule has 0 aliphatic rings. The van der Waals surface area contributed by atoms with Crippen molar-refractivity contribution in [2.75, 3.05) is 5.73 Å². The fraction of sp³-hybridized carbons (Fsp3) is 0.357. The van der Waals surface area contributed by atoms with Gasteiger partial charge in [0.25, 0.3) is 0 Å². The maximum atomic E-state index is 6.17. The highest BCUT2D eigenvalue weighted by atomic mass is 79.9. The normalized spacial score (nSPS) is 11.2. The molecule has 0 saturated heterocycles. The van der Waals surface area contributed by atoms with Crippen LogP contribution in [0.3, 0.4) is 0 Å². The third kappa shape index (κ3) is 2.58. The number of aryl methyl sites for hydroxylation is 1. The third-order valence-electron chi connectivity index (χ3n) is 2.82. The molecule has 0 saturated carbocycles. The predicted molar refractivity (Wildman–Crippen MR) is 79.4 cm³/mol. The van der Waals surface area contributed by atoms with Gasteiger partial charge in [-0.3, -0.25) is 0 Å². The van der Waals surface area contributed by atoms with Gasteiger partial charge in [0.15, 0.2) is 0 Å². The Bertz CT molecular complexity index is 558. The second-order valence-corrected chi connectivity index (χ2v) is 5.86. The fourth-order valence-electron chi connectivity index (χ4n) is 1.95. The second kappa shape index (κ2) is 5.14. The molecule has 0 atom stereocenters. The monoisotopic (exact) mass is 307 g/mol. The van der Waals surface area contributed by atoms with Crippen LogP contribution in [0.4, 0.5) is 5.82 Å². The van der Waals surface area contributed by atoms with Gasteiger partial charge in [-0.05, 0) is 24.5 Å². The van der Waals surface area contributed by atoms with Crippen LogP contribution in [0, 0.1) is 12.8 Å². The second-order valence-electron chi connectivity index (χ2n) is 5.01. The minimum Gasteiger partial charge on any atom is -0.383 e. The summed E-state index contributed by atoms with van der Waals surface area (Å²) in [5, 5.41) is 0. The molecule has 1 aromatic carbocycles. The van der Waals surface area contributed by atoms with Gasteiger partial charge < -0.3 is 10.3 Å². The largest absolute Gasteiger partial charge is 0.383 e. The number of anilines is 1. The molecular formula is C14H18BrN3. The first-order valence-corrected chi connectivity index (χ1v) is 6.85. The van der Waals surface area contributed by atoms with Crippen molar-refractivity contribution in [3.63, 3.8) is 0 Å². The van der Waals surface area contributed by atoms with E-state index in [2.05, 4.69) is 59.9 Å². The average Bonchev–Trinajstić information content (AvgIpc) is 2.60. The Morgan fingerprint density at radius 1 is 1.39 bits per heavy atom. The van der Waals surface area contributed by atoms with Crippen molar-refractivity contribution in [1.29, 1.82) is 0 Å². The van der Waals surface area contributed by atoms with Crippen molar-refractivity contribution < 1.29 is 0 Å². The first kappa shape index (κ1) is 13.1. The van der Waals surface area contributed by atoms with E-state index >= 15 is 0 Å². The van der Waals surface area contributed by atoms with E-state index in [0.29, 0.717) is 5.92 Å². The van der Waals surface area contributed by atoms with Gasteiger partial charge in [-0.1, -0.05) is 41.9 Å². The molecule has 96 valence electrons. The lowest BCUT2D eigenvalue weighted by Gasteiger charge is -2.09. The van der Waals surface area contributed by atoms with Crippen LogP contribution < -0.4 is 5.73 Å². The average molecular weight is 308 g/mol. The summed E-state index contributed by atoms with van der Waals surface area (Å²) >= 11 is 3.57. The SMILES string of the molecule is Cc1ccc(-c2ncn(CC(C)C)c2N)c(Br)c1. The van der Waals surface area contributed by atoms with Gasteiger partial charge >= 0.3 is 0 Å². The van der Waals surface area contributed by atoms with E-state index in [1.54, 1.807) is 0 Å². The molecule has 1 aromatic heterocycles. The van der Waals surface area contributed by atoms with Crippen molar-refractivity contribution in [3.8, 4) is 11.3 Å². The zero-order valence-electron chi connectivity index (χ0n) is 10.9. The molecule has 0 amide bonds. The number of aromatic nitrogens is 2. The molecule has 3 nitrogen and oxygen atoms in total. The van der Waals surface area contributed by atoms with Crippen molar-refractivity contribution >= 4 is 21.7 Å². The molecule has 0 radical (unpaired) electrons. The van der Waals surface area contributed by atoms with E-state index in [0.717, 1.165) is 28.1 Å². The van der Waals surface area contributed by atoms with E-state index < -0.39 is 0 Å². The number of imidazole rings is 1. The molecule has 0 unspecified atom stereocenters. The number of nitrogens with two attached hydrogens (primary N) is 1. The smallest absolute Gasteiger partial charge is 0.131 e. The maximum Gasteiger partial charge on any atom is 0.131 e. The van der Waals surface area contributed by atoms with Crippen LogP contribution in [0.5, 0.6) is 0 Å². The number of hydrogen-bond acceptors (Lipinski definition) is 2. The lowest BCUT2D eigenvalue weighted by molar-refractivity contribution is 0.527. The number of rotatable bonds is 3. The zero-order chi connectivity index (χ0) is 13.3. The number of halogens is 1. The minimum absolute atomic E-state index is 0.552. The maximum absolute atomic E-state index is 6.17. The van der Waals surface area contributed by atoms with E-state index in [4.69, 9.17) is 5.73 Å². The highest BCUT2D eigenvalue weighted by molar-refractivity contribution is 9.10. The summed E-state index contributed by atoms with van der Waals surface area (Å²) in [4.78, 5) is 4.44. The van der Waals surface area contributed by atoms with Crippen molar-refractivity contribution in [3.05, 3.63) is 34.6 Å². The van der Waals surface area contributed by atoms with E-state index in [9.17, 15) is 0 Å².